The normalized spacial score (nSPS) is 19.0. The molecule has 0 aromatic heterocycles. The first kappa shape index (κ1) is 22.3. The third-order valence-electron chi connectivity index (χ3n) is 5.21. The smallest absolute Gasteiger partial charge is 0.339 e. The molecule has 0 heterocycles. The van der Waals surface area contributed by atoms with E-state index in [-0.39, 0.29) is 30.2 Å². The number of carbonyl (C=O) groups excluding carboxylic acids is 3. The number of rotatable bonds is 7. The van der Waals surface area contributed by atoms with E-state index in [4.69, 9.17) is 4.74 Å². The van der Waals surface area contributed by atoms with Gasteiger partial charge < -0.3 is 14.5 Å². The van der Waals surface area contributed by atoms with E-state index in [9.17, 15) is 14.4 Å². The predicted molar refractivity (Wildman–Crippen MR) is 110 cm³/mol. The van der Waals surface area contributed by atoms with Gasteiger partial charge in [0.25, 0.3) is 5.91 Å². The minimum Gasteiger partial charge on any atom is -0.452 e. The van der Waals surface area contributed by atoms with Gasteiger partial charge in [-0.1, -0.05) is 19.1 Å². The molecule has 6 nitrogen and oxygen atoms in total. The van der Waals surface area contributed by atoms with Crippen molar-refractivity contribution in [1.29, 1.82) is 0 Å². The molecule has 1 aliphatic rings. The molecule has 1 aromatic rings. The highest BCUT2D eigenvalue weighted by molar-refractivity contribution is 8.00. The fraction of sp³-hybridized carbons (Fsp3) is 0.571. The third-order valence-corrected chi connectivity index (χ3v) is 6.27. The fourth-order valence-corrected chi connectivity index (χ4v) is 4.19. The number of ether oxygens (including phenoxy) is 1. The molecule has 7 heteroatoms. The van der Waals surface area contributed by atoms with Crippen LogP contribution in [0.3, 0.4) is 0 Å². The van der Waals surface area contributed by atoms with Gasteiger partial charge >= 0.3 is 5.97 Å². The summed E-state index contributed by atoms with van der Waals surface area (Å²) < 4.78 is 5.28. The molecule has 2 rings (SSSR count). The molecular weight excluding hydrogens is 376 g/mol. The molecular formula is C21H30N2O4S. The van der Waals surface area contributed by atoms with Gasteiger partial charge in [0, 0.05) is 32.1 Å². The predicted octanol–water partition coefficient (Wildman–Crippen LogP) is 3.06. The summed E-state index contributed by atoms with van der Waals surface area (Å²) in [5, 5.41) is 0. The van der Waals surface area contributed by atoms with Crippen molar-refractivity contribution in [3.8, 4) is 0 Å². The number of esters is 1. The summed E-state index contributed by atoms with van der Waals surface area (Å²) in [6, 6.07) is 7.21. The zero-order valence-electron chi connectivity index (χ0n) is 17.1. The number of benzene rings is 1. The van der Waals surface area contributed by atoms with Crippen LogP contribution in [0.4, 0.5) is 0 Å². The first-order chi connectivity index (χ1) is 13.3. The molecule has 0 radical (unpaired) electrons. The Labute approximate surface area is 171 Å². The molecule has 1 saturated carbocycles. The van der Waals surface area contributed by atoms with E-state index >= 15 is 0 Å². The third kappa shape index (κ3) is 6.26. The molecule has 154 valence electrons. The van der Waals surface area contributed by atoms with Crippen LogP contribution in [0.25, 0.3) is 0 Å². The highest BCUT2D eigenvalue weighted by Gasteiger charge is 2.25. The minimum atomic E-state index is -0.542. The van der Waals surface area contributed by atoms with Crippen LogP contribution in [0.5, 0.6) is 0 Å². The van der Waals surface area contributed by atoms with E-state index < -0.39 is 5.97 Å². The molecule has 1 fully saturated rings. The number of nitrogens with zero attached hydrogens (tertiary/aromatic N) is 2. The van der Waals surface area contributed by atoms with Crippen LogP contribution in [-0.2, 0) is 14.3 Å². The van der Waals surface area contributed by atoms with Crippen molar-refractivity contribution in [2.24, 2.45) is 5.92 Å². The Balaban J connectivity index is 1.90. The first-order valence-electron chi connectivity index (χ1n) is 9.64. The second kappa shape index (κ2) is 10.5. The van der Waals surface area contributed by atoms with Crippen molar-refractivity contribution in [3.63, 3.8) is 0 Å². The second-order valence-electron chi connectivity index (χ2n) is 7.57. The minimum absolute atomic E-state index is 0.0354. The van der Waals surface area contributed by atoms with Crippen LogP contribution in [0, 0.1) is 5.92 Å². The number of hydrogen-bond donors (Lipinski definition) is 0. The lowest BCUT2D eigenvalue weighted by atomic mass is 9.87. The van der Waals surface area contributed by atoms with Gasteiger partial charge in [0.2, 0.25) is 5.91 Å². The Morgan fingerprint density at radius 1 is 1.04 bits per heavy atom. The highest BCUT2D eigenvalue weighted by atomic mass is 32.2. The van der Waals surface area contributed by atoms with Crippen LogP contribution >= 0.6 is 11.8 Å². The summed E-state index contributed by atoms with van der Waals surface area (Å²) >= 11 is 1.29. The average Bonchev–Trinajstić information content (AvgIpc) is 2.70. The monoisotopic (exact) mass is 406 g/mol. The van der Waals surface area contributed by atoms with Crippen molar-refractivity contribution in [2.45, 2.75) is 43.5 Å². The number of carbonyl (C=O) groups is 3. The lowest BCUT2D eigenvalue weighted by Crippen LogP contribution is -2.41. The van der Waals surface area contributed by atoms with Crippen LogP contribution in [-0.4, -0.2) is 67.1 Å². The van der Waals surface area contributed by atoms with Crippen LogP contribution in [0.2, 0.25) is 0 Å². The van der Waals surface area contributed by atoms with Crippen molar-refractivity contribution < 1.29 is 19.1 Å². The Morgan fingerprint density at radius 3 is 2.32 bits per heavy atom. The molecule has 28 heavy (non-hydrogen) atoms. The largest absolute Gasteiger partial charge is 0.452 e. The molecule has 0 N–H and O–H groups in total. The molecule has 0 saturated heterocycles. The molecule has 0 spiro atoms. The Bertz CT molecular complexity index is 699. The van der Waals surface area contributed by atoms with Gasteiger partial charge in [0.05, 0.1) is 11.3 Å². The van der Waals surface area contributed by atoms with Gasteiger partial charge in [-0.25, -0.2) is 4.79 Å². The van der Waals surface area contributed by atoms with E-state index in [1.165, 1.54) is 16.7 Å². The van der Waals surface area contributed by atoms with Gasteiger partial charge in [-0.05, 0) is 43.7 Å². The summed E-state index contributed by atoms with van der Waals surface area (Å²) in [5.74, 6) is 0.192. The van der Waals surface area contributed by atoms with Gasteiger partial charge in [-0.3, -0.25) is 9.59 Å². The average molecular weight is 407 g/mol. The number of likely N-dealkylation sites (N-methyl/N-ethyl adjacent to an activating group) is 1. The molecule has 1 aromatic carbocycles. The Morgan fingerprint density at radius 2 is 1.68 bits per heavy atom. The number of amides is 2. The zero-order chi connectivity index (χ0) is 20.7. The van der Waals surface area contributed by atoms with E-state index in [1.807, 2.05) is 6.07 Å². The second-order valence-corrected chi connectivity index (χ2v) is 8.58. The summed E-state index contributed by atoms with van der Waals surface area (Å²) in [4.78, 5) is 40.6. The molecule has 1 aliphatic carbocycles. The maximum atomic E-state index is 12.5. The maximum Gasteiger partial charge on any atom is 0.339 e. The highest BCUT2D eigenvalue weighted by Crippen LogP contribution is 2.27. The summed E-state index contributed by atoms with van der Waals surface area (Å²) in [7, 11) is 5.17. The van der Waals surface area contributed by atoms with Crippen LogP contribution < -0.4 is 0 Å². The van der Waals surface area contributed by atoms with E-state index in [2.05, 4.69) is 6.92 Å². The Hall–Kier alpha value is -2.02. The van der Waals surface area contributed by atoms with Gasteiger partial charge in [0.1, 0.15) is 0 Å². The van der Waals surface area contributed by atoms with E-state index in [0.29, 0.717) is 16.4 Å². The van der Waals surface area contributed by atoms with Gasteiger partial charge in [-0.2, -0.15) is 0 Å². The van der Waals surface area contributed by atoms with Crippen molar-refractivity contribution in [1.82, 2.24) is 9.80 Å². The lowest BCUT2D eigenvalue weighted by Gasteiger charge is -2.33. The molecule has 0 aliphatic heterocycles. The lowest BCUT2D eigenvalue weighted by molar-refractivity contribution is -0.136. The van der Waals surface area contributed by atoms with Gasteiger partial charge in [-0.15, -0.1) is 11.8 Å². The van der Waals surface area contributed by atoms with E-state index in [0.717, 1.165) is 25.7 Å². The SMILES string of the molecule is CC1CCC(N(C)C(=O)COC(=O)c2ccccc2SCC(=O)N(C)C)CC1. The van der Waals surface area contributed by atoms with Crippen molar-refractivity contribution in [2.75, 3.05) is 33.5 Å². The van der Waals surface area contributed by atoms with Crippen molar-refractivity contribution >= 4 is 29.5 Å². The van der Waals surface area contributed by atoms with Crippen LogP contribution in [0.15, 0.2) is 29.2 Å². The molecule has 0 unspecified atom stereocenters. The zero-order valence-corrected chi connectivity index (χ0v) is 18.0. The summed E-state index contributed by atoms with van der Waals surface area (Å²) in [6.45, 7) is 1.97. The molecule has 2 amide bonds. The quantitative estimate of drug-likeness (QED) is 0.514. The maximum absolute atomic E-state index is 12.5. The van der Waals surface area contributed by atoms with Crippen molar-refractivity contribution in [3.05, 3.63) is 29.8 Å². The topological polar surface area (TPSA) is 66.9 Å². The first-order valence-corrected chi connectivity index (χ1v) is 10.6. The standard InChI is InChI=1S/C21H30N2O4S/c1-15-9-11-16(12-10-15)23(4)19(24)13-27-21(26)17-7-5-6-8-18(17)28-14-20(25)22(2)3/h5-8,15-16H,9-14H2,1-4H3. The van der Waals surface area contributed by atoms with Gasteiger partial charge in [0.15, 0.2) is 6.61 Å². The Kier molecular flexibility index (Phi) is 8.35. The molecule has 0 atom stereocenters. The molecule has 0 bridgehead atoms. The van der Waals surface area contributed by atoms with E-state index in [1.54, 1.807) is 44.2 Å². The summed E-state index contributed by atoms with van der Waals surface area (Å²) in [6.07, 6.45) is 4.24. The fourth-order valence-electron chi connectivity index (χ4n) is 3.17. The number of hydrogen-bond acceptors (Lipinski definition) is 5. The van der Waals surface area contributed by atoms with Crippen LogP contribution in [0.1, 0.15) is 43.0 Å². The number of thioether (sulfide) groups is 1. The summed E-state index contributed by atoms with van der Waals surface area (Å²) in [5.41, 5.74) is 0.376.